The number of methoxy groups -OCH3 is 1. The number of amides is 1. The molecule has 4 nitrogen and oxygen atoms in total. The Kier molecular flexibility index (Phi) is 2.90. The van der Waals surface area contributed by atoms with Crippen LogP contribution in [0.4, 0.5) is 5.82 Å². The largest absolute Gasteiger partial charge is 0.495 e. The molecule has 0 saturated carbocycles. The molecule has 1 fully saturated rings. The number of carbonyl (C=O) groups is 1. The van der Waals surface area contributed by atoms with E-state index in [1.807, 2.05) is 6.08 Å². The van der Waals surface area contributed by atoms with Crippen LogP contribution in [0.25, 0.3) is 0 Å². The smallest absolute Gasteiger partial charge is 0.228 e. The van der Waals surface area contributed by atoms with Crippen molar-refractivity contribution in [1.82, 2.24) is 4.98 Å². The average Bonchev–Trinajstić information content (AvgIpc) is 2.71. The summed E-state index contributed by atoms with van der Waals surface area (Å²) in [5.41, 5.74) is 0. The maximum absolute atomic E-state index is 11.7. The third-order valence-electron chi connectivity index (χ3n) is 2.72. The van der Waals surface area contributed by atoms with Gasteiger partial charge in [-0.1, -0.05) is 6.08 Å². The molecule has 2 rings (SSSR count). The van der Waals surface area contributed by atoms with Crippen LogP contribution < -0.4 is 9.64 Å². The van der Waals surface area contributed by atoms with Gasteiger partial charge in [0.15, 0.2) is 0 Å². The van der Waals surface area contributed by atoms with Crippen LogP contribution in [0.15, 0.2) is 31.0 Å². The summed E-state index contributed by atoms with van der Waals surface area (Å²) in [4.78, 5) is 17.6. The molecule has 0 bridgehead atoms. The molecular formula is C12H14N2O2. The van der Waals surface area contributed by atoms with Gasteiger partial charge in [-0.05, 0) is 12.1 Å². The van der Waals surface area contributed by atoms with Crippen LogP contribution in [0.5, 0.6) is 5.75 Å². The Bertz CT molecular complexity index is 400. The molecule has 1 aliphatic heterocycles. The second kappa shape index (κ2) is 4.35. The molecule has 0 aromatic carbocycles. The van der Waals surface area contributed by atoms with E-state index in [-0.39, 0.29) is 11.8 Å². The number of pyridine rings is 1. The average molecular weight is 218 g/mol. The second-order valence-corrected chi connectivity index (χ2v) is 3.76. The Morgan fingerprint density at radius 2 is 2.44 bits per heavy atom. The summed E-state index contributed by atoms with van der Waals surface area (Å²) in [6, 6.07) is 3.60. The number of hydrogen-bond acceptors (Lipinski definition) is 3. The maximum Gasteiger partial charge on any atom is 0.228 e. The van der Waals surface area contributed by atoms with Crippen LogP contribution in [-0.4, -0.2) is 24.5 Å². The predicted molar refractivity (Wildman–Crippen MR) is 61.4 cm³/mol. The third kappa shape index (κ3) is 1.91. The van der Waals surface area contributed by atoms with Gasteiger partial charge in [-0.2, -0.15) is 0 Å². The van der Waals surface area contributed by atoms with Crippen LogP contribution in [0.1, 0.15) is 6.42 Å². The van der Waals surface area contributed by atoms with Crippen molar-refractivity contribution >= 4 is 11.7 Å². The standard InChI is InChI=1S/C12H14N2O2/c1-3-9-6-12(15)14(8-9)11-5-4-10(16-2)7-13-11/h3-5,7,9H,1,6,8H2,2H3. The molecule has 1 saturated heterocycles. The number of anilines is 1. The van der Waals surface area contributed by atoms with Gasteiger partial charge in [0.1, 0.15) is 11.6 Å². The van der Waals surface area contributed by atoms with Crippen molar-refractivity contribution in [3.8, 4) is 5.75 Å². The van der Waals surface area contributed by atoms with Gasteiger partial charge in [0.25, 0.3) is 0 Å². The predicted octanol–water partition coefficient (Wildman–Crippen LogP) is 1.63. The highest BCUT2D eigenvalue weighted by Crippen LogP contribution is 2.24. The molecular weight excluding hydrogens is 204 g/mol. The molecule has 1 aromatic heterocycles. The zero-order valence-electron chi connectivity index (χ0n) is 9.22. The van der Waals surface area contributed by atoms with Crippen molar-refractivity contribution in [2.24, 2.45) is 5.92 Å². The fourth-order valence-corrected chi connectivity index (χ4v) is 1.77. The first-order chi connectivity index (χ1) is 7.74. The Morgan fingerprint density at radius 1 is 1.62 bits per heavy atom. The molecule has 1 amide bonds. The Hall–Kier alpha value is -1.84. The lowest BCUT2D eigenvalue weighted by atomic mass is 10.1. The molecule has 0 N–H and O–H groups in total. The molecule has 1 atom stereocenters. The summed E-state index contributed by atoms with van der Waals surface area (Å²) in [6.07, 6.45) is 3.96. The first-order valence-corrected chi connectivity index (χ1v) is 5.17. The molecule has 0 radical (unpaired) electrons. The van der Waals surface area contributed by atoms with E-state index < -0.39 is 0 Å². The number of aromatic nitrogens is 1. The highest BCUT2D eigenvalue weighted by molar-refractivity contribution is 5.95. The van der Waals surface area contributed by atoms with E-state index in [1.165, 1.54) is 0 Å². The molecule has 16 heavy (non-hydrogen) atoms. The second-order valence-electron chi connectivity index (χ2n) is 3.76. The van der Waals surface area contributed by atoms with Crippen LogP contribution >= 0.6 is 0 Å². The monoisotopic (exact) mass is 218 g/mol. The van der Waals surface area contributed by atoms with Crippen molar-refractivity contribution in [2.75, 3.05) is 18.6 Å². The van der Waals surface area contributed by atoms with E-state index in [9.17, 15) is 4.79 Å². The molecule has 4 heteroatoms. The molecule has 84 valence electrons. The topological polar surface area (TPSA) is 42.4 Å². The number of ether oxygens (including phenoxy) is 1. The summed E-state index contributed by atoms with van der Waals surface area (Å²) in [6.45, 7) is 4.38. The van der Waals surface area contributed by atoms with Crippen molar-refractivity contribution in [3.05, 3.63) is 31.0 Å². The minimum Gasteiger partial charge on any atom is -0.495 e. The SMILES string of the molecule is C=CC1CC(=O)N(c2ccc(OC)cn2)C1. The maximum atomic E-state index is 11.7. The molecule has 0 aliphatic carbocycles. The fraction of sp³-hybridized carbons (Fsp3) is 0.333. The van der Waals surface area contributed by atoms with Gasteiger partial charge < -0.3 is 4.74 Å². The van der Waals surface area contributed by atoms with Crippen LogP contribution in [0.3, 0.4) is 0 Å². The van der Waals surface area contributed by atoms with Gasteiger partial charge in [0.05, 0.1) is 13.3 Å². The Morgan fingerprint density at radius 3 is 2.94 bits per heavy atom. The number of rotatable bonds is 3. The quantitative estimate of drug-likeness (QED) is 0.724. The van der Waals surface area contributed by atoms with Gasteiger partial charge >= 0.3 is 0 Å². The molecule has 1 aliphatic rings. The van der Waals surface area contributed by atoms with E-state index >= 15 is 0 Å². The van der Waals surface area contributed by atoms with E-state index in [0.717, 1.165) is 0 Å². The number of carbonyl (C=O) groups excluding carboxylic acids is 1. The minimum absolute atomic E-state index is 0.0996. The zero-order valence-corrected chi connectivity index (χ0v) is 9.22. The molecule has 2 heterocycles. The van der Waals surface area contributed by atoms with Crippen molar-refractivity contribution in [3.63, 3.8) is 0 Å². The molecule has 0 spiro atoms. The number of hydrogen-bond donors (Lipinski definition) is 0. The van der Waals surface area contributed by atoms with E-state index in [2.05, 4.69) is 11.6 Å². The highest BCUT2D eigenvalue weighted by Gasteiger charge is 2.29. The van der Waals surface area contributed by atoms with Crippen molar-refractivity contribution in [1.29, 1.82) is 0 Å². The fourth-order valence-electron chi connectivity index (χ4n) is 1.77. The van der Waals surface area contributed by atoms with E-state index in [4.69, 9.17) is 4.74 Å². The van der Waals surface area contributed by atoms with Crippen LogP contribution in [0, 0.1) is 5.92 Å². The Labute approximate surface area is 94.5 Å². The lowest BCUT2D eigenvalue weighted by Gasteiger charge is -2.14. The van der Waals surface area contributed by atoms with Crippen molar-refractivity contribution < 1.29 is 9.53 Å². The summed E-state index contributed by atoms with van der Waals surface area (Å²) in [5, 5.41) is 0. The Balaban J connectivity index is 2.17. The number of nitrogens with zero attached hydrogens (tertiary/aromatic N) is 2. The summed E-state index contributed by atoms with van der Waals surface area (Å²) in [7, 11) is 1.59. The lowest BCUT2D eigenvalue weighted by molar-refractivity contribution is -0.117. The zero-order chi connectivity index (χ0) is 11.5. The van der Waals surface area contributed by atoms with Gasteiger partial charge in [-0.25, -0.2) is 4.98 Å². The highest BCUT2D eigenvalue weighted by atomic mass is 16.5. The molecule has 1 unspecified atom stereocenters. The first kappa shape index (κ1) is 10.7. The minimum atomic E-state index is 0.0996. The van der Waals surface area contributed by atoms with Crippen LogP contribution in [-0.2, 0) is 4.79 Å². The lowest BCUT2D eigenvalue weighted by Crippen LogP contribution is -2.25. The van der Waals surface area contributed by atoms with Crippen LogP contribution in [0.2, 0.25) is 0 Å². The normalized spacial score (nSPS) is 19.9. The summed E-state index contributed by atoms with van der Waals surface area (Å²) < 4.78 is 5.02. The first-order valence-electron chi connectivity index (χ1n) is 5.17. The van der Waals surface area contributed by atoms with Crippen molar-refractivity contribution in [2.45, 2.75) is 6.42 Å². The summed E-state index contributed by atoms with van der Waals surface area (Å²) in [5.74, 6) is 1.70. The summed E-state index contributed by atoms with van der Waals surface area (Å²) >= 11 is 0. The van der Waals surface area contributed by atoms with Gasteiger partial charge in [0.2, 0.25) is 5.91 Å². The van der Waals surface area contributed by atoms with E-state index in [0.29, 0.717) is 24.5 Å². The molecule has 1 aromatic rings. The van der Waals surface area contributed by atoms with Gasteiger partial charge in [-0.3, -0.25) is 9.69 Å². The van der Waals surface area contributed by atoms with Gasteiger partial charge in [-0.15, -0.1) is 6.58 Å². The van der Waals surface area contributed by atoms with E-state index in [1.54, 1.807) is 30.3 Å². The third-order valence-corrected chi connectivity index (χ3v) is 2.72. The van der Waals surface area contributed by atoms with Gasteiger partial charge in [0, 0.05) is 18.9 Å².